The number of amides is 1. The van der Waals surface area contributed by atoms with E-state index in [0.717, 1.165) is 4.90 Å². The summed E-state index contributed by atoms with van der Waals surface area (Å²) in [6, 6.07) is 1.94. The van der Waals surface area contributed by atoms with E-state index in [1.807, 2.05) is 0 Å². The van der Waals surface area contributed by atoms with Gasteiger partial charge in [-0.2, -0.15) is 0 Å². The summed E-state index contributed by atoms with van der Waals surface area (Å²) in [5.74, 6) is -1.83. The average molecular weight is 234 g/mol. The number of pyridine rings is 1. The predicted octanol–water partition coefficient (Wildman–Crippen LogP) is -0.0464. The Morgan fingerprint density at radius 1 is 1.59 bits per heavy atom. The molecule has 6 nitrogen and oxygen atoms in total. The van der Waals surface area contributed by atoms with E-state index in [-0.39, 0.29) is 11.4 Å². The molecule has 1 aromatic rings. The van der Waals surface area contributed by atoms with Gasteiger partial charge < -0.3 is 10.2 Å². The Morgan fingerprint density at radius 3 is 2.82 bits per heavy atom. The quantitative estimate of drug-likeness (QED) is 0.765. The number of carboxylic acid groups (broad SMARTS) is 1. The van der Waals surface area contributed by atoms with Crippen molar-refractivity contribution in [3.8, 4) is 0 Å². The van der Waals surface area contributed by atoms with E-state index >= 15 is 0 Å². The summed E-state index contributed by atoms with van der Waals surface area (Å²) in [6.45, 7) is 3.00. The Kier molecular flexibility index (Phi) is 2.64. The van der Waals surface area contributed by atoms with Gasteiger partial charge in [0.05, 0.1) is 6.61 Å². The molecule has 0 fully saturated rings. The van der Waals surface area contributed by atoms with Crippen LogP contribution in [-0.2, 0) is 4.79 Å². The maximum atomic E-state index is 11.9. The van der Waals surface area contributed by atoms with E-state index in [1.165, 1.54) is 6.20 Å². The molecule has 88 valence electrons. The first kappa shape index (κ1) is 11.3. The zero-order chi connectivity index (χ0) is 12.6. The summed E-state index contributed by atoms with van der Waals surface area (Å²) in [6.07, 6.45) is 1.45. The largest absolute Gasteiger partial charge is 0.480 e. The lowest BCUT2D eigenvalue weighted by atomic mass is 10.2. The number of aromatic nitrogens is 1. The number of hydrogen-bond donors (Lipinski definition) is 2. The fraction of sp³-hybridized carbons (Fsp3) is 0.182. The normalized spacial score (nSPS) is 15.9. The van der Waals surface area contributed by atoms with Gasteiger partial charge in [0.2, 0.25) is 0 Å². The third kappa shape index (κ3) is 1.58. The molecule has 1 unspecified atom stereocenters. The summed E-state index contributed by atoms with van der Waals surface area (Å²) in [5.41, 5.74) is 0.911. The van der Waals surface area contributed by atoms with Gasteiger partial charge in [0, 0.05) is 17.5 Å². The summed E-state index contributed by atoms with van der Waals surface area (Å²) in [5, 5.41) is 18.0. The SMILES string of the molecule is C=C1c2cccnc2C(=O)N1C(CO)C(=O)O. The van der Waals surface area contributed by atoms with Crippen molar-refractivity contribution in [1.29, 1.82) is 0 Å². The van der Waals surface area contributed by atoms with Crippen LogP contribution < -0.4 is 0 Å². The zero-order valence-electron chi connectivity index (χ0n) is 8.83. The molecule has 17 heavy (non-hydrogen) atoms. The van der Waals surface area contributed by atoms with Crippen LogP contribution in [0.2, 0.25) is 0 Å². The number of fused-ring (bicyclic) bond motifs is 1. The van der Waals surface area contributed by atoms with Gasteiger partial charge in [-0.15, -0.1) is 0 Å². The highest BCUT2D eigenvalue weighted by Crippen LogP contribution is 2.31. The Labute approximate surface area is 96.8 Å². The van der Waals surface area contributed by atoms with E-state index < -0.39 is 24.5 Å². The first-order valence-electron chi connectivity index (χ1n) is 4.89. The number of nitrogens with zero attached hydrogens (tertiary/aromatic N) is 2. The van der Waals surface area contributed by atoms with Gasteiger partial charge >= 0.3 is 5.97 Å². The van der Waals surface area contributed by atoms with Crippen LogP contribution in [0.3, 0.4) is 0 Å². The summed E-state index contributed by atoms with van der Waals surface area (Å²) in [7, 11) is 0. The average Bonchev–Trinajstić information content (AvgIpc) is 2.56. The van der Waals surface area contributed by atoms with Gasteiger partial charge in [0.15, 0.2) is 6.04 Å². The molecule has 0 radical (unpaired) electrons. The van der Waals surface area contributed by atoms with Crippen LogP contribution in [0, 0.1) is 0 Å². The van der Waals surface area contributed by atoms with Crippen molar-refractivity contribution >= 4 is 17.6 Å². The fourth-order valence-electron chi connectivity index (χ4n) is 1.77. The minimum Gasteiger partial charge on any atom is -0.480 e. The molecule has 1 aliphatic rings. The number of carbonyl (C=O) groups is 2. The fourth-order valence-corrected chi connectivity index (χ4v) is 1.77. The van der Waals surface area contributed by atoms with Crippen molar-refractivity contribution in [3.63, 3.8) is 0 Å². The molecule has 1 amide bonds. The number of aliphatic hydroxyl groups excluding tert-OH is 1. The number of aliphatic carboxylic acids is 1. The summed E-state index contributed by atoms with van der Waals surface area (Å²) >= 11 is 0. The Bertz CT molecular complexity index is 477. The molecule has 2 heterocycles. The smallest absolute Gasteiger partial charge is 0.329 e. The third-order valence-corrected chi connectivity index (χ3v) is 2.60. The van der Waals surface area contributed by atoms with Gasteiger partial charge in [-0.1, -0.05) is 6.58 Å². The van der Waals surface area contributed by atoms with Crippen molar-refractivity contribution in [2.45, 2.75) is 6.04 Å². The molecule has 1 aromatic heterocycles. The first-order valence-corrected chi connectivity index (χ1v) is 4.89. The van der Waals surface area contributed by atoms with E-state index in [0.29, 0.717) is 5.56 Å². The second kappa shape index (κ2) is 3.99. The number of hydrogen-bond acceptors (Lipinski definition) is 4. The van der Waals surface area contributed by atoms with Gasteiger partial charge in [-0.3, -0.25) is 14.7 Å². The molecule has 0 spiro atoms. The molecule has 1 aliphatic heterocycles. The monoisotopic (exact) mass is 234 g/mol. The van der Waals surface area contributed by atoms with E-state index in [1.54, 1.807) is 12.1 Å². The number of carbonyl (C=O) groups excluding carboxylic acids is 1. The highest BCUT2D eigenvalue weighted by atomic mass is 16.4. The summed E-state index contributed by atoms with van der Waals surface area (Å²) < 4.78 is 0. The lowest BCUT2D eigenvalue weighted by Gasteiger charge is -2.23. The molecule has 0 aliphatic carbocycles. The Balaban J connectivity index is 2.46. The number of aliphatic hydroxyl groups is 1. The molecule has 0 saturated carbocycles. The second-order valence-corrected chi connectivity index (χ2v) is 3.56. The predicted molar refractivity (Wildman–Crippen MR) is 58.0 cm³/mol. The molecular formula is C11H10N2O4. The number of rotatable bonds is 3. The van der Waals surface area contributed by atoms with Crippen molar-refractivity contribution in [2.75, 3.05) is 6.61 Å². The summed E-state index contributed by atoms with van der Waals surface area (Å²) in [4.78, 5) is 27.7. The van der Waals surface area contributed by atoms with Crippen LogP contribution in [0.1, 0.15) is 16.1 Å². The Morgan fingerprint density at radius 2 is 2.29 bits per heavy atom. The highest BCUT2D eigenvalue weighted by Gasteiger charge is 2.39. The molecule has 6 heteroatoms. The molecule has 0 aromatic carbocycles. The van der Waals surface area contributed by atoms with E-state index in [9.17, 15) is 9.59 Å². The van der Waals surface area contributed by atoms with Gasteiger partial charge in [0.1, 0.15) is 5.69 Å². The van der Waals surface area contributed by atoms with Gasteiger partial charge in [-0.05, 0) is 12.1 Å². The lowest BCUT2D eigenvalue weighted by molar-refractivity contribution is -0.142. The lowest BCUT2D eigenvalue weighted by Crippen LogP contribution is -2.43. The topological polar surface area (TPSA) is 90.7 Å². The third-order valence-electron chi connectivity index (χ3n) is 2.60. The minimum absolute atomic E-state index is 0.164. The standard InChI is InChI=1S/C11H10N2O4/c1-6-7-3-2-4-12-9(7)10(15)13(6)8(5-14)11(16)17/h2-4,8,14H,1,5H2,(H,16,17). The molecule has 1 atom stereocenters. The number of carboxylic acids is 1. The van der Waals surface area contributed by atoms with Crippen molar-refractivity contribution in [3.05, 3.63) is 36.2 Å². The van der Waals surface area contributed by atoms with Crippen LogP contribution in [0.25, 0.3) is 5.70 Å². The van der Waals surface area contributed by atoms with Crippen LogP contribution in [0.15, 0.2) is 24.9 Å². The second-order valence-electron chi connectivity index (χ2n) is 3.56. The minimum atomic E-state index is -1.33. The molecular weight excluding hydrogens is 224 g/mol. The van der Waals surface area contributed by atoms with Crippen LogP contribution in [-0.4, -0.2) is 44.6 Å². The molecule has 2 rings (SSSR count). The maximum Gasteiger partial charge on any atom is 0.329 e. The van der Waals surface area contributed by atoms with Gasteiger partial charge in [0.25, 0.3) is 5.91 Å². The van der Waals surface area contributed by atoms with Crippen molar-refractivity contribution < 1.29 is 19.8 Å². The van der Waals surface area contributed by atoms with E-state index in [4.69, 9.17) is 10.2 Å². The maximum absolute atomic E-state index is 11.9. The highest BCUT2D eigenvalue weighted by molar-refractivity contribution is 6.09. The van der Waals surface area contributed by atoms with Crippen molar-refractivity contribution in [1.82, 2.24) is 9.88 Å². The molecule has 2 N–H and O–H groups in total. The van der Waals surface area contributed by atoms with Crippen LogP contribution in [0.4, 0.5) is 0 Å². The molecule has 0 saturated heterocycles. The van der Waals surface area contributed by atoms with Gasteiger partial charge in [-0.25, -0.2) is 4.79 Å². The van der Waals surface area contributed by atoms with Crippen LogP contribution >= 0.6 is 0 Å². The Hall–Kier alpha value is -2.21. The molecule has 0 bridgehead atoms. The van der Waals surface area contributed by atoms with Crippen molar-refractivity contribution in [2.24, 2.45) is 0 Å². The zero-order valence-corrected chi connectivity index (χ0v) is 8.83. The first-order chi connectivity index (χ1) is 8.07. The van der Waals surface area contributed by atoms with E-state index in [2.05, 4.69) is 11.6 Å². The van der Waals surface area contributed by atoms with Crippen LogP contribution in [0.5, 0.6) is 0 Å².